The van der Waals surface area contributed by atoms with Crippen LogP contribution >= 0.6 is 0 Å². The van der Waals surface area contributed by atoms with E-state index >= 15 is 0 Å². The Morgan fingerprint density at radius 2 is 2.10 bits per heavy atom. The van der Waals surface area contributed by atoms with Crippen molar-refractivity contribution in [1.29, 1.82) is 0 Å². The summed E-state index contributed by atoms with van der Waals surface area (Å²) >= 11 is 0. The van der Waals surface area contributed by atoms with E-state index in [0.29, 0.717) is 11.2 Å². The topological polar surface area (TPSA) is 49.3 Å². The number of carboxylic acid groups (broad SMARTS) is 1. The fourth-order valence-corrected chi connectivity index (χ4v) is 0.850. The van der Waals surface area contributed by atoms with E-state index in [1.54, 1.807) is 0 Å². The summed E-state index contributed by atoms with van der Waals surface area (Å²) in [6.45, 7) is 0.827. The summed E-state index contributed by atoms with van der Waals surface area (Å²) in [4.78, 5) is 10.2. The normalized spacial score (nSPS) is 11.5. The summed E-state index contributed by atoms with van der Waals surface area (Å²) in [6, 6.07) is 0. The highest BCUT2D eigenvalue weighted by atomic mass is 16.4. The summed E-state index contributed by atoms with van der Waals surface area (Å²) in [5, 5.41) is 11.4. The lowest BCUT2D eigenvalue weighted by molar-refractivity contribution is -0.885. The van der Waals surface area contributed by atoms with Gasteiger partial charge in [-0.05, 0) is 7.05 Å². The highest BCUT2D eigenvalue weighted by molar-refractivity contribution is 5.67. The van der Waals surface area contributed by atoms with E-state index in [9.17, 15) is 4.79 Å². The lowest BCUT2D eigenvalue weighted by Gasteiger charge is -2.26. The Morgan fingerprint density at radius 1 is 1.60 bits per heavy atom. The van der Waals surface area contributed by atoms with Crippen LogP contribution in [0, 0.1) is 0 Å². The van der Waals surface area contributed by atoms with Gasteiger partial charge in [-0.2, -0.15) is 0 Å². The molecule has 0 heterocycles. The molecule has 0 fully saturated rings. The van der Waals surface area contributed by atoms with Crippen LogP contribution in [-0.4, -0.2) is 49.9 Å². The average molecular weight is 147 g/mol. The Bertz CT molecular complexity index is 123. The van der Waals surface area contributed by atoms with Crippen LogP contribution in [0.4, 0.5) is 0 Å². The fourth-order valence-electron chi connectivity index (χ4n) is 0.850. The van der Waals surface area contributed by atoms with Gasteiger partial charge in [0, 0.05) is 0 Å². The minimum absolute atomic E-state index is 0.154. The van der Waals surface area contributed by atoms with Crippen LogP contribution in [0.25, 0.3) is 0 Å². The van der Waals surface area contributed by atoms with Crippen LogP contribution in [0.1, 0.15) is 0 Å². The number of aliphatic carboxylic acids is 1. The number of carbonyl (C=O) groups is 1. The number of likely N-dealkylation sites (N-methyl/N-ethyl adjacent to an activating group) is 1. The van der Waals surface area contributed by atoms with Gasteiger partial charge in [0.1, 0.15) is 6.67 Å². The number of nitrogens with zero attached hydrogens (tertiary/aromatic N) is 1. The van der Waals surface area contributed by atoms with Gasteiger partial charge in [-0.15, -0.1) is 0 Å². The molecule has 0 aromatic carbocycles. The van der Waals surface area contributed by atoms with E-state index in [1.807, 2.05) is 21.1 Å². The van der Waals surface area contributed by atoms with E-state index < -0.39 is 5.97 Å². The van der Waals surface area contributed by atoms with Crippen molar-refractivity contribution >= 4 is 5.97 Å². The molecule has 2 N–H and O–H groups in total. The molecule has 10 heavy (non-hydrogen) atoms. The van der Waals surface area contributed by atoms with Gasteiger partial charge in [-0.25, -0.2) is 4.79 Å². The SMILES string of the molecule is CNC[N+](C)(C)CC(=O)O. The lowest BCUT2D eigenvalue weighted by atomic mass is 10.5. The lowest BCUT2D eigenvalue weighted by Crippen LogP contribution is -2.48. The maximum atomic E-state index is 10.2. The van der Waals surface area contributed by atoms with Crippen LogP contribution in [0.3, 0.4) is 0 Å². The molecule has 0 aromatic heterocycles. The molecule has 0 radical (unpaired) electrons. The van der Waals surface area contributed by atoms with Gasteiger partial charge in [0.05, 0.1) is 14.1 Å². The first-order valence-corrected chi connectivity index (χ1v) is 3.16. The van der Waals surface area contributed by atoms with Crippen molar-refractivity contribution in [2.75, 3.05) is 34.4 Å². The van der Waals surface area contributed by atoms with E-state index in [0.717, 1.165) is 0 Å². The Labute approximate surface area is 61.0 Å². The summed E-state index contributed by atoms with van der Waals surface area (Å²) in [5.74, 6) is -0.764. The Balaban J connectivity index is 3.74. The van der Waals surface area contributed by atoms with E-state index in [2.05, 4.69) is 5.32 Å². The van der Waals surface area contributed by atoms with Crippen molar-refractivity contribution in [1.82, 2.24) is 5.32 Å². The van der Waals surface area contributed by atoms with Crippen LogP contribution in [0.5, 0.6) is 0 Å². The smallest absolute Gasteiger partial charge is 0.359 e. The molecule has 0 saturated heterocycles. The first-order valence-electron chi connectivity index (χ1n) is 3.16. The van der Waals surface area contributed by atoms with Crippen molar-refractivity contribution < 1.29 is 14.4 Å². The predicted octanol–water partition coefficient (Wildman–Crippen LogP) is -0.676. The zero-order valence-electron chi connectivity index (χ0n) is 6.72. The monoisotopic (exact) mass is 147 g/mol. The molecule has 0 aliphatic carbocycles. The molecule has 0 aliphatic heterocycles. The third-order valence-corrected chi connectivity index (χ3v) is 1.15. The van der Waals surface area contributed by atoms with Gasteiger partial charge in [-0.1, -0.05) is 0 Å². The zero-order valence-corrected chi connectivity index (χ0v) is 6.72. The minimum Gasteiger partial charge on any atom is -0.477 e. The first-order chi connectivity index (χ1) is 4.48. The summed E-state index contributed by atoms with van der Waals surface area (Å²) in [7, 11) is 5.54. The number of quaternary nitrogens is 1. The number of rotatable bonds is 4. The molecule has 0 amide bonds. The van der Waals surface area contributed by atoms with Gasteiger partial charge >= 0.3 is 5.97 Å². The molecule has 0 atom stereocenters. The minimum atomic E-state index is -0.764. The highest BCUT2D eigenvalue weighted by Crippen LogP contribution is 1.91. The molecule has 0 aromatic rings. The van der Waals surface area contributed by atoms with Crippen LogP contribution < -0.4 is 5.32 Å². The van der Waals surface area contributed by atoms with Crippen molar-refractivity contribution in [2.24, 2.45) is 0 Å². The maximum absolute atomic E-state index is 10.2. The van der Waals surface area contributed by atoms with E-state index in [-0.39, 0.29) is 6.54 Å². The second-order valence-corrected chi connectivity index (χ2v) is 3.00. The van der Waals surface area contributed by atoms with Crippen LogP contribution in [-0.2, 0) is 4.79 Å². The summed E-state index contributed by atoms with van der Waals surface area (Å²) in [5.41, 5.74) is 0. The first kappa shape index (κ1) is 9.39. The van der Waals surface area contributed by atoms with Gasteiger partial charge in [0.25, 0.3) is 0 Å². The van der Waals surface area contributed by atoms with Crippen molar-refractivity contribution in [3.63, 3.8) is 0 Å². The van der Waals surface area contributed by atoms with Crippen LogP contribution in [0.15, 0.2) is 0 Å². The molecular weight excluding hydrogens is 132 g/mol. The van der Waals surface area contributed by atoms with Crippen molar-refractivity contribution in [2.45, 2.75) is 0 Å². The Morgan fingerprint density at radius 3 is 2.40 bits per heavy atom. The van der Waals surface area contributed by atoms with E-state index in [4.69, 9.17) is 5.11 Å². The van der Waals surface area contributed by atoms with Gasteiger partial charge in [0.2, 0.25) is 0 Å². The second kappa shape index (κ2) is 3.53. The summed E-state index contributed by atoms with van der Waals surface area (Å²) in [6.07, 6.45) is 0. The standard InChI is InChI=1S/C6H14N2O2/c1-7-5-8(2,3)4-6(9)10/h7H,4-5H2,1-3H3/p+1. The largest absolute Gasteiger partial charge is 0.477 e. The fraction of sp³-hybridized carbons (Fsp3) is 0.833. The van der Waals surface area contributed by atoms with Crippen molar-refractivity contribution in [3.05, 3.63) is 0 Å². The van der Waals surface area contributed by atoms with Crippen LogP contribution in [0.2, 0.25) is 0 Å². The Kier molecular flexibility index (Phi) is 3.32. The molecular formula is C6H15N2O2+. The van der Waals surface area contributed by atoms with Crippen molar-refractivity contribution in [3.8, 4) is 0 Å². The van der Waals surface area contributed by atoms with Gasteiger partial charge in [0.15, 0.2) is 6.54 Å². The molecule has 0 spiro atoms. The number of nitrogens with one attached hydrogen (secondary N) is 1. The third-order valence-electron chi connectivity index (χ3n) is 1.15. The van der Waals surface area contributed by atoms with Gasteiger partial charge < -0.3 is 9.59 Å². The number of hydrogen-bond donors (Lipinski definition) is 2. The molecule has 0 bridgehead atoms. The number of carboxylic acids is 1. The highest BCUT2D eigenvalue weighted by Gasteiger charge is 2.17. The third kappa shape index (κ3) is 4.29. The molecule has 0 unspecified atom stereocenters. The van der Waals surface area contributed by atoms with Gasteiger partial charge in [-0.3, -0.25) is 5.32 Å². The average Bonchev–Trinajstić information content (AvgIpc) is 1.59. The predicted molar refractivity (Wildman–Crippen MR) is 38.5 cm³/mol. The molecule has 4 nitrogen and oxygen atoms in total. The zero-order chi connectivity index (χ0) is 8.20. The molecule has 0 saturated carbocycles. The number of hydrogen-bond acceptors (Lipinski definition) is 2. The summed E-state index contributed by atoms with van der Waals surface area (Å²) < 4.78 is 0.464. The van der Waals surface area contributed by atoms with E-state index in [1.165, 1.54) is 0 Å². The second-order valence-electron chi connectivity index (χ2n) is 3.00. The molecule has 4 heteroatoms. The molecule has 0 rings (SSSR count). The maximum Gasteiger partial charge on any atom is 0.359 e. The Hall–Kier alpha value is -0.610. The molecule has 60 valence electrons. The molecule has 0 aliphatic rings. The quantitative estimate of drug-likeness (QED) is 0.409.